The number of hydrogen-bond donors (Lipinski definition) is 2. The van der Waals surface area contributed by atoms with Crippen LogP contribution in [0.1, 0.15) is 16.7 Å². The Kier molecular flexibility index (Phi) is 4.92. The molecule has 0 unspecified atom stereocenters. The maximum atomic E-state index is 6.17. The molecular weight excluding hydrogens is 436 g/mol. The van der Waals surface area contributed by atoms with E-state index in [1.165, 1.54) is 16.7 Å². The van der Waals surface area contributed by atoms with Crippen LogP contribution in [0.2, 0.25) is 0 Å². The van der Waals surface area contributed by atoms with Crippen LogP contribution < -0.4 is 11.1 Å². The molecule has 3 N–H and O–H groups in total. The molecule has 0 saturated heterocycles. The zero-order valence-corrected chi connectivity index (χ0v) is 19.5. The van der Waals surface area contributed by atoms with Gasteiger partial charge in [0.05, 0.1) is 30.1 Å². The molecule has 0 fully saturated rings. The van der Waals surface area contributed by atoms with Gasteiger partial charge in [-0.15, -0.1) is 5.10 Å². The highest BCUT2D eigenvalue weighted by Gasteiger charge is 2.15. The summed E-state index contributed by atoms with van der Waals surface area (Å²) in [6.07, 6.45) is 3.62. The van der Waals surface area contributed by atoms with Crippen LogP contribution in [-0.4, -0.2) is 29.4 Å². The molecule has 0 aliphatic heterocycles. The average molecular weight is 461 g/mol. The van der Waals surface area contributed by atoms with Crippen molar-refractivity contribution in [2.45, 2.75) is 20.4 Å². The lowest BCUT2D eigenvalue weighted by Crippen LogP contribution is -2.03. The van der Waals surface area contributed by atoms with Gasteiger partial charge < -0.3 is 11.1 Å². The Balaban J connectivity index is 1.41. The molecule has 0 atom stereocenters. The fourth-order valence-electron chi connectivity index (χ4n) is 4.43. The molecule has 0 aliphatic carbocycles. The summed E-state index contributed by atoms with van der Waals surface area (Å²) in [5, 5.41) is 13.7. The lowest BCUT2D eigenvalue weighted by molar-refractivity contribution is 0.712. The third kappa shape index (κ3) is 3.95. The van der Waals surface area contributed by atoms with Crippen molar-refractivity contribution in [2.24, 2.45) is 0 Å². The monoisotopic (exact) mass is 460 g/mol. The molecule has 0 amide bonds. The lowest BCUT2D eigenvalue weighted by Gasteiger charge is -2.08. The van der Waals surface area contributed by atoms with Gasteiger partial charge in [-0.25, -0.2) is 9.50 Å². The van der Waals surface area contributed by atoms with Crippen LogP contribution in [0.3, 0.4) is 0 Å². The van der Waals surface area contributed by atoms with Crippen LogP contribution in [-0.2, 0) is 6.54 Å². The summed E-state index contributed by atoms with van der Waals surface area (Å²) >= 11 is 0. The number of aromatic nitrogens is 6. The molecule has 0 saturated carbocycles. The third-order valence-corrected chi connectivity index (χ3v) is 5.98. The predicted molar refractivity (Wildman–Crippen MR) is 139 cm³/mol. The number of nitrogens with zero attached hydrogens (tertiary/aromatic N) is 6. The molecule has 3 heterocycles. The summed E-state index contributed by atoms with van der Waals surface area (Å²) in [5.41, 5.74) is 13.9. The zero-order chi connectivity index (χ0) is 23.9. The molecular formula is C27H24N8. The summed E-state index contributed by atoms with van der Waals surface area (Å²) in [6, 6.07) is 22.8. The number of rotatable bonds is 5. The maximum Gasteiger partial charge on any atom is 0.247 e. The van der Waals surface area contributed by atoms with E-state index in [0.29, 0.717) is 24.0 Å². The Morgan fingerprint density at radius 2 is 1.71 bits per heavy atom. The van der Waals surface area contributed by atoms with E-state index in [1.807, 2.05) is 35.1 Å². The molecule has 6 aromatic rings. The molecule has 8 nitrogen and oxygen atoms in total. The molecule has 0 spiro atoms. The quantitative estimate of drug-likeness (QED) is 0.370. The Morgan fingerprint density at radius 1 is 0.914 bits per heavy atom. The zero-order valence-electron chi connectivity index (χ0n) is 19.5. The van der Waals surface area contributed by atoms with Gasteiger partial charge in [0.15, 0.2) is 5.82 Å². The number of anilines is 3. The molecule has 3 aromatic heterocycles. The number of nitrogen functional groups attached to an aromatic ring is 1. The van der Waals surface area contributed by atoms with E-state index in [-0.39, 0.29) is 0 Å². The largest absolute Gasteiger partial charge is 0.381 e. The third-order valence-electron chi connectivity index (χ3n) is 5.98. The molecule has 35 heavy (non-hydrogen) atoms. The van der Waals surface area contributed by atoms with Crippen molar-refractivity contribution in [1.82, 2.24) is 29.4 Å². The smallest absolute Gasteiger partial charge is 0.247 e. The van der Waals surface area contributed by atoms with Crippen LogP contribution in [0.4, 0.5) is 17.5 Å². The second kappa shape index (κ2) is 8.25. The van der Waals surface area contributed by atoms with Gasteiger partial charge in [0.25, 0.3) is 0 Å². The Labute approximate surface area is 202 Å². The van der Waals surface area contributed by atoms with E-state index in [4.69, 9.17) is 10.8 Å². The van der Waals surface area contributed by atoms with Gasteiger partial charge in [-0.1, -0.05) is 48.5 Å². The minimum Gasteiger partial charge on any atom is -0.381 e. The van der Waals surface area contributed by atoms with Crippen molar-refractivity contribution in [3.63, 3.8) is 0 Å². The van der Waals surface area contributed by atoms with E-state index in [0.717, 1.165) is 27.8 Å². The molecule has 0 bridgehead atoms. The highest BCUT2D eigenvalue weighted by molar-refractivity contribution is 5.84. The number of benzene rings is 3. The van der Waals surface area contributed by atoms with Crippen molar-refractivity contribution >= 4 is 34.0 Å². The highest BCUT2D eigenvalue weighted by Crippen LogP contribution is 2.27. The second-order valence-electron chi connectivity index (χ2n) is 8.76. The van der Waals surface area contributed by atoms with Crippen LogP contribution in [0.25, 0.3) is 27.8 Å². The second-order valence-corrected chi connectivity index (χ2v) is 8.76. The van der Waals surface area contributed by atoms with Crippen LogP contribution >= 0.6 is 0 Å². The topological polar surface area (TPSA) is 99.0 Å². The van der Waals surface area contributed by atoms with Gasteiger partial charge in [-0.3, -0.25) is 4.68 Å². The molecule has 6 rings (SSSR count). The maximum absolute atomic E-state index is 6.17. The minimum atomic E-state index is 0.324. The highest BCUT2D eigenvalue weighted by atomic mass is 15.4. The Morgan fingerprint density at radius 3 is 2.51 bits per heavy atom. The molecule has 8 heteroatoms. The minimum absolute atomic E-state index is 0.324. The first-order valence-corrected chi connectivity index (χ1v) is 11.4. The van der Waals surface area contributed by atoms with Crippen molar-refractivity contribution in [2.75, 3.05) is 11.1 Å². The van der Waals surface area contributed by atoms with Crippen molar-refractivity contribution in [1.29, 1.82) is 0 Å². The van der Waals surface area contributed by atoms with E-state index < -0.39 is 0 Å². The van der Waals surface area contributed by atoms with Gasteiger partial charge in [-0.2, -0.15) is 10.1 Å². The lowest BCUT2D eigenvalue weighted by atomic mass is 10.1. The SMILES string of the molecule is Cc1cc(C)cc(Nc2nc3c(N)ncc(-c4ccc5cnn(Cc6ccccc6)c5c4)n3n2)c1. The van der Waals surface area contributed by atoms with Gasteiger partial charge in [0, 0.05) is 16.6 Å². The normalized spacial score (nSPS) is 11.4. The number of nitrogens with one attached hydrogen (secondary N) is 1. The van der Waals surface area contributed by atoms with Gasteiger partial charge in [0.1, 0.15) is 0 Å². The first kappa shape index (κ1) is 20.9. The van der Waals surface area contributed by atoms with E-state index >= 15 is 0 Å². The van der Waals surface area contributed by atoms with E-state index in [9.17, 15) is 0 Å². The Bertz CT molecular complexity index is 1660. The fourth-order valence-corrected chi connectivity index (χ4v) is 4.43. The number of aryl methyl sites for hydroxylation is 2. The van der Waals surface area contributed by atoms with Crippen LogP contribution in [0.5, 0.6) is 0 Å². The first-order valence-electron chi connectivity index (χ1n) is 11.4. The molecule has 172 valence electrons. The van der Waals surface area contributed by atoms with Crippen LogP contribution in [0, 0.1) is 13.8 Å². The number of nitrogens with two attached hydrogens (primary N) is 1. The summed E-state index contributed by atoms with van der Waals surface area (Å²) in [6.45, 7) is 4.82. The van der Waals surface area contributed by atoms with Crippen molar-refractivity contribution < 1.29 is 0 Å². The van der Waals surface area contributed by atoms with E-state index in [1.54, 1.807) is 10.7 Å². The molecule has 0 radical (unpaired) electrons. The van der Waals surface area contributed by atoms with Gasteiger partial charge in [0.2, 0.25) is 11.6 Å². The molecule has 3 aromatic carbocycles. The number of fused-ring (bicyclic) bond motifs is 2. The molecule has 0 aliphatic rings. The van der Waals surface area contributed by atoms with E-state index in [2.05, 4.69) is 76.7 Å². The first-order chi connectivity index (χ1) is 17.0. The predicted octanol–water partition coefficient (Wildman–Crippen LogP) is 5.13. The summed E-state index contributed by atoms with van der Waals surface area (Å²) in [5.74, 6) is 0.788. The van der Waals surface area contributed by atoms with Gasteiger partial charge >= 0.3 is 0 Å². The summed E-state index contributed by atoms with van der Waals surface area (Å²) in [7, 11) is 0. The fraction of sp³-hybridized carbons (Fsp3) is 0.111. The Hall–Kier alpha value is -4.72. The summed E-state index contributed by atoms with van der Waals surface area (Å²) < 4.78 is 3.75. The standard InChI is InChI=1S/C27H24N8/c1-17-10-18(2)12-22(11-17)31-27-32-26-25(28)29-15-24(35(26)33-27)20-8-9-21-14-30-34(23(21)13-20)16-19-6-4-3-5-7-19/h3-15H,16H2,1-2H3,(H2,28,29)(H,31,33). The van der Waals surface area contributed by atoms with Crippen LogP contribution in [0.15, 0.2) is 79.1 Å². The number of hydrogen-bond acceptors (Lipinski definition) is 6. The van der Waals surface area contributed by atoms with Crippen molar-refractivity contribution in [3.05, 3.63) is 95.8 Å². The summed E-state index contributed by atoms with van der Waals surface area (Å²) in [4.78, 5) is 9.01. The van der Waals surface area contributed by atoms with Gasteiger partial charge in [-0.05, 0) is 48.7 Å². The average Bonchev–Trinajstić information content (AvgIpc) is 3.44. The van der Waals surface area contributed by atoms with Crippen molar-refractivity contribution in [3.8, 4) is 11.3 Å².